The molecular formula is C8H11NO. The Labute approximate surface area is 66.2 Å². The largest absolute Gasteiger partial charge is 0.497 e. The second kappa shape index (κ2) is 3.22. The van der Waals surface area contributed by atoms with Crippen molar-refractivity contribution in [2.45, 2.75) is 6.54 Å². The van der Waals surface area contributed by atoms with Crippen LogP contribution in [0.2, 0.25) is 0 Å². The van der Waals surface area contributed by atoms with Crippen molar-refractivity contribution in [2.24, 2.45) is 5.73 Å². The fourth-order valence-electron chi connectivity index (χ4n) is 0.531. The zero-order valence-corrected chi connectivity index (χ0v) is 5.69. The molecule has 0 unspecified atom stereocenters. The minimum Gasteiger partial charge on any atom is -0.497 e. The van der Waals surface area contributed by atoms with Crippen LogP contribution in [-0.2, 0) is 6.54 Å². The number of nitrogens with two attached hydrogens (primary N) is 1. The molecule has 2 N–H and O–H groups in total. The molecule has 0 aromatic heterocycles. The zero-order chi connectivity index (χ0) is 10.9. The molecule has 1 aromatic rings. The molecule has 0 saturated carbocycles. The van der Waals surface area contributed by atoms with Crippen LogP contribution in [0.4, 0.5) is 0 Å². The maximum absolute atomic E-state index is 7.53. The van der Waals surface area contributed by atoms with Crippen LogP contribution in [0, 0.1) is 0 Å². The number of rotatable bonds is 2. The van der Waals surface area contributed by atoms with Gasteiger partial charge in [0.25, 0.3) is 0 Å². The molecule has 0 amide bonds. The molecule has 1 rings (SSSR count). The van der Waals surface area contributed by atoms with Crippen molar-refractivity contribution in [2.75, 3.05) is 7.11 Å². The molecular weight excluding hydrogens is 126 g/mol. The smallest absolute Gasteiger partial charge is 0.118 e. The number of hydrogen-bond acceptors (Lipinski definition) is 2. The van der Waals surface area contributed by atoms with Crippen molar-refractivity contribution >= 4 is 0 Å². The Hall–Kier alpha value is -1.02. The maximum Gasteiger partial charge on any atom is 0.118 e. The summed E-state index contributed by atoms with van der Waals surface area (Å²) in [6, 6.07) is -0.640. The Morgan fingerprint density at radius 2 is 2.10 bits per heavy atom. The molecule has 0 atom stereocenters. The standard InChI is InChI=1S/C8H11NO/c1-10-8-4-2-7(6-9)3-5-8/h2-5H,6,9H2,1H3/i2D,3D,4D,5D. The first-order valence-corrected chi connectivity index (χ1v) is 2.87. The molecule has 0 saturated heterocycles. The third-order valence-corrected chi connectivity index (χ3v) is 1.06. The maximum atomic E-state index is 7.53. The van der Waals surface area contributed by atoms with Crippen LogP contribution in [0.1, 0.15) is 11.0 Å². The van der Waals surface area contributed by atoms with Crippen LogP contribution < -0.4 is 10.5 Å². The fourth-order valence-corrected chi connectivity index (χ4v) is 0.531. The second-order valence-electron chi connectivity index (χ2n) is 1.72. The molecule has 0 spiro atoms. The highest BCUT2D eigenvalue weighted by atomic mass is 16.5. The van der Waals surface area contributed by atoms with Gasteiger partial charge in [-0.05, 0) is 17.6 Å². The SMILES string of the molecule is [2H]c1c([2H])c(OC)c([2H])c([2H])c1CN. The number of hydrogen-bond donors (Lipinski definition) is 1. The van der Waals surface area contributed by atoms with Gasteiger partial charge in [-0.2, -0.15) is 0 Å². The van der Waals surface area contributed by atoms with Crippen LogP contribution in [0.3, 0.4) is 0 Å². The van der Waals surface area contributed by atoms with Crippen LogP contribution >= 0.6 is 0 Å². The van der Waals surface area contributed by atoms with Crippen LogP contribution in [0.15, 0.2) is 24.2 Å². The van der Waals surface area contributed by atoms with Gasteiger partial charge in [0.05, 0.1) is 12.6 Å². The third-order valence-electron chi connectivity index (χ3n) is 1.06. The first-order chi connectivity index (χ1) is 6.54. The van der Waals surface area contributed by atoms with E-state index in [9.17, 15) is 0 Å². The molecule has 0 aliphatic heterocycles. The van der Waals surface area contributed by atoms with Gasteiger partial charge in [0.2, 0.25) is 0 Å². The summed E-state index contributed by atoms with van der Waals surface area (Å²) < 4.78 is 34.8. The lowest BCUT2D eigenvalue weighted by molar-refractivity contribution is 0.414. The van der Waals surface area contributed by atoms with Gasteiger partial charge in [0, 0.05) is 6.54 Å². The number of ether oxygens (including phenoxy) is 1. The van der Waals surface area contributed by atoms with Gasteiger partial charge in [-0.3, -0.25) is 0 Å². The molecule has 0 bridgehead atoms. The third kappa shape index (κ3) is 1.48. The quantitative estimate of drug-likeness (QED) is 0.670. The zero-order valence-electron chi connectivity index (χ0n) is 9.69. The average molecular weight is 141 g/mol. The van der Waals surface area contributed by atoms with Crippen molar-refractivity contribution in [1.82, 2.24) is 0 Å². The summed E-state index contributed by atoms with van der Waals surface area (Å²) in [5, 5.41) is 0. The van der Waals surface area contributed by atoms with Gasteiger partial charge >= 0.3 is 0 Å². The van der Waals surface area contributed by atoms with E-state index in [1.54, 1.807) is 0 Å². The summed E-state index contributed by atoms with van der Waals surface area (Å²) >= 11 is 0. The monoisotopic (exact) mass is 141 g/mol. The summed E-state index contributed by atoms with van der Waals surface area (Å²) in [7, 11) is 1.31. The highest BCUT2D eigenvalue weighted by Gasteiger charge is 1.89. The van der Waals surface area contributed by atoms with Crippen molar-refractivity contribution in [3.8, 4) is 5.75 Å². The van der Waals surface area contributed by atoms with Crippen molar-refractivity contribution in [3.05, 3.63) is 29.7 Å². The summed E-state index contributed by atoms with van der Waals surface area (Å²) in [5.74, 6) is -0.0443. The van der Waals surface area contributed by atoms with Gasteiger partial charge in [0.1, 0.15) is 5.75 Å². The van der Waals surface area contributed by atoms with E-state index in [1.807, 2.05) is 0 Å². The predicted octanol–water partition coefficient (Wildman–Crippen LogP) is 1.15. The lowest BCUT2D eigenvalue weighted by atomic mass is 10.2. The Balaban J connectivity index is 3.55. The number of methoxy groups -OCH3 is 1. The van der Waals surface area contributed by atoms with E-state index in [0.717, 1.165) is 0 Å². The van der Waals surface area contributed by atoms with E-state index in [0.29, 0.717) is 0 Å². The van der Waals surface area contributed by atoms with Crippen LogP contribution in [0.25, 0.3) is 0 Å². The number of benzene rings is 1. The van der Waals surface area contributed by atoms with E-state index < -0.39 is 0 Å². The summed E-state index contributed by atoms with van der Waals surface area (Å²) in [6.07, 6.45) is 0. The minimum absolute atomic E-state index is 0.0145. The topological polar surface area (TPSA) is 35.2 Å². The van der Waals surface area contributed by atoms with Gasteiger partial charge in [-0.25, -0.2) is 0 Å². The van der Waals surface area contributed by atoms with Crippen molar-refractivity contribution < 1.29 is 10.2 Å². The molecule has 2 nitrogen and oxygen atoms in total. The highest BCUT2D eigenvalue weighted by molar-refractivity contribution is 5.26. The minimum atomic E-state index is -0.186. The fraction of sp³-hybridized carbons (Fsp3) is 0.250. The molecule has 1 aromatic carbocycles. The molecule has 0 aliphatic rings. The van der Waals surface area contributed by atoms with Crippen molar-refractivity contribution in [1.29, 1.82) is 0 Å². The van der Waals surface area contributed by atoms with E-state index in [-0.39, 0.29) is 42.0 Å². The normalized spacial score (nSPS) is 15.0. The second-order valence-corrected chi connectivity index (χ2v) is 1.72. The Kier molecular flexibility index (Phi) is 1.09. The molecule has 0 fully saturated rings. The summed E-state index contributed by atoms with van der Waals surface area (Å²) in [5.41, 5.74) is 5.54. The summed E-state index contributed by atoms with van der Waals surface area (Å²) in [4.78, 5) is 0. The lowest BCUT2D eigenvalue weighted by Gasteiger charge is -1.99. The first-order valence-electron chi connectivity index (χ1n) is 4.87. The van der Waals surface area contributed by atoms with Crippen molar-refractivity contribution in [3.63, 3.8) is 0 Å². The molecule has 2 heteroatoms. The van der Waals surface area contributed by atoms with Crippen LogP contribution in [-0.4, -0.2) is 7.11 Å². The van der Waals surface area contributed by atoms with Crippen LogP contribution in [0.5, 0.6) is 5.75 Å². The first kappa shape index (κ1) is 3.39. The summed E-state index contributed by atoms with van der Waals surface area (Å²) in [6.45, 7) is -0.0145. The van der Waals surface area contributed by atoms with Gasteiger partial charge < -0.3 is 10.5 Å². The lowest BCUT2D eigenvalue weighted by Crippen LogP contribution is -1.95. The van der Waals surface area contributed by atoms with E-state index in [4.69, 9.17) is 16.0 Å². The Morgan fingerprint density at radius 3 is 2.50 bits per heavy atom. The predicted molar refractivity (Wildman–Crippen MR) is 40.9 cm³/mol. The van der Waals surface area contributed by atoms with Gasteiger partial charge in [-0.1, -0.05) is 12.1 Å². The molecule has 0 aliphatic carbocycles. The molecule has 0 heterocycles. The molecule has 54 valence electrons. The van der Waals surface area contributed by atoms with E-state index in [2.05, 4.69) is 0 Å². The highest BCUT2D eigenvalue weighted by Crippen LogP contribution is 2.09. The van der Waals surface area contributed by atoms with Gasteiger partial charge in [0.15, 0.2) is 0 Å². The average Bonchev–Trinajstić information content (AvgIpc) is 2.17. The Bertz CT molecular complexity index is 303. The molecule has 10 heavy (non-hydrogen) atoms. The Morgan fingerprint density at radius 1 is 1.50 bits per heavy atom. The molecule has 0 radical (unpaired) electrons. The van der Waals surface area contributed by atoms with Gasteiger partial charge in [-0.15, -0.1) is 0 Å². The van der Waals surface area contributed by atoms with E-state index >= 15 is 0 Å². The van der Waals surface area contributed by atoms with E-state index in [1.165, 1.54) is 7.11 Å².